The van der Waals surface area contributed by atoms with Crippen LogP contribution in [0.3, 0.4) is 0 Å². The Balaban J connectivity index is 1.40. The molecule has 2 saturated heterocycles. The predicted molar refractivity (Wildman–Crippen MR) is 125 cm³/mol. The molecule has 0 amide bonds. The average molecular weight is 499 g/mol. The Kier molecular flexibility index (Phi) is 4.83. The van der Waals surface area contributed by atoms with E-state index in [0.29, 0.717) is 28.0 Å². The van der Waals surface area contributed by atoms with Gasteiger partial charge in [0.15, 0.2) is 0 Å². The number of alkyl halides is 3. The molecule has 1 saturated carbocycles. The topological polar surface area (TPSA) is 91.2 Å². The number of piperidine rings is 2. The van der Waals surface area contributed by atoms with Crippen molar-refractivity contribution in [2.24, 2.45) is 12.5 Å². The fourth-order valence-corrected chi connectivity index (χ4v) is 6.29. The largest absolute Gasteiger partial charge is 0.424 e. The number of pyridine rings is 1. The van der Waals surface area contributed by atoms with E-state index in [4.69, 9.17) is 4.42 Å². The van der Waals surface area contributed by atoms with Crippen LogP contribution in [0.15, 0.2) is 33.5 Å². The first kappa shape index (κ1) is 23.0. The van der Waals surface area contributed by atoms with Crippen LogP contribution >= 0.6 is 0 Å². The number of benzene rings is 1. The zero-order valence-corrected chi connectivity index (χ0v) is 20.0. The van der Waals surface area contributed by atoms with Crippen molar-refractivity contribution in [3.63, 3.8) is 0 Å². The number of likely N-dealkylation sites (tertiary alicyclic amines) is 1. The van der Waals surface area contributed by atoms with E-state index in [0.717, 1.165) is 25.9 Å². The molecule has 0 N–H and O–H groups in total. The van der Waals surface area contributed by atoms with Crippen LogP contribution in [0.1, 0.15) is 42.5 Å². The van der Waals surface area contributed by atoms with Crippen LogP contribution < -0.4 is 10.5 Å². The highest BCUT2D eigenvalue weighted by atomic mass is 19.4. The van der Waals surface area contributed by atoms with Crippen LogP contribution in [0.2, 0.25) is 0 Å². The van der Waals surface area contributed by atoms with E-state index in [9.17, 15) is 23.2 Å². The maximum Gasteiger partial charge on any atom is 0.397 e. The van der Waals surface area contributed by atoms with Crippen LogP contribution in [0.5, 0.6) is 0 Å². The first-order valence-electron chi connectivity index (χ1n) is 12.0. The van der Waals surface area contributed by atoms with Gasteiger partial charge in [0.2, 0.25) is 11.8 Å². The van der Waals surface area contributed by atoms with E-state index in [1.165, 1.54) is 10.6 Å². The third-order valence-corrected chi connectivity index (χ3v) is 8.49. The summed E-state index contributed by atoms with van der Waals surface area (Å²) in [7, 11) is 3.59. The van der Waals surface area contributed by atoms with Gasteiger partial charge in [0.25, 0.3) is 5.56 Å². The summed E-state index contributed by atoms with van der Waals surface area (Å²) < 4.78 is 51.0. The molecule has 2 aromatic heterocycles. The molecule has 2 aliphatic heterocycles. The fourth-order valence-electron chi connectivity index (χ4n) is 6.29. The highest BCUT2D eigenvalue weighted by Gasteiger charge is 2.86. The Labute approximate surface area is 204 Å². The van der Waals surface area contributed by atoms with Crippen molar-refractivity contribution in [1.29, 1.82) is 5.26 Å². The van der Waals surface area contributed by atoms with E-state index < -0.39 is 17.0 Å². The molecular formula is C25H25F3N6O2. The first-order valence-corrected chi connectivity index (χ1v) is 12.0. The minimum absolute atomic E-state index is 0.0548. The minimum atomic E-state index is -4.46. The SMILES string of the molecule is CN1CCC(c2nnc([C@]34CN(c5ccc(C#N)c6c5ccc(=O)n6C)C[C@@]3(C(F)(F)F)C4)o2)CC1. The second-order valence-corrected chi connectivity index (χ2v) is 10.5. The summed E-state index contributed by atoms with van der Waals surface area (Å²) in [5, 5.41) is 18.5. The zero-order valence-electron chi connectivity index (χ0n) is 20.0. The number of nitrogens with zero attached hydrogens (tertiary/aromatic N) is 6. The standard InChI is InChI=1S/C25H25F3N6O2/c1-32-9-7-15(8-10-32)21-30-31-22(36-21)23-12-24(23,25(26,27)28)14-34(13-23)18-5-3-16(11-29)20-17(18)4-6-19(35)33(20)2/h3-6,15H,7-10,12-14H2,1-2H3/t23-,24-/m0/s1. The van der Waals surface area contributed by atoms with Crippen LogP contribution in [-0.2, 0) is 12.5 Å². The van der Waals surface area contributed by atoms with Crippen molar-refractivity contribution in [1.82, 2.24) is 19.7 Å². The molecule has 11 heteroatoms. The number of nitriles is 1. The molecule has 3 fully saturated rings. The molecule has 3 aliphatic rings. The molecule has 0 bridgehead atoms. The lowest BCUT2D eigenvalue weighted by molar-refractivity contribution is -0.187. The monoisotopic (exact) mass is 498 g/mol. The van der Waals surface area contributed by atoms with Gasteiger partial charge in [0.05, 0.1) is 16.5 Å². The maximum atomic E-state index is 14.5. The van der Waals surface area contributed by atoms with Gasteiger partial charge in [-0.05, 0) is 57.6 Å². The van der Waals surface area contributed by atoms with Gasteiger partial charge in [-0.25, -0.2) is 0 Å². The predicted octanol–water partition coefficient (Wildman–Crippen LogP) is 3.31. The zero-order chi connectivity index (χ0) is 25.5. The van der Waals surface area contributed by atoms with Gasteiger partial charge in [0, 0.05) is 43.2 Å². The highest BCUT2D eigenvalue weighted by Crippen LogP contribution is 2.75. The maximum absolute atomic E-state index is 14.5. The molecule has 0 radical (unpaired) electrons. The van der Waals surface area contributed by atoms with Crippen LogP contribution in [0, 0.1) is 16.7 Å². The molecule has 188 valence electrons. The Morgan fingerprint density at radius 2 is 1.86 bits per heavy atom. The molecule has 3 aromatic rings. The van der Waals surface area contributed by atoms with Crippen molar-refractivity contribution >= 4 is 16.6 Å². The number of anilines is 1. The summed E-state index contributed by atoms with van der Waals surface area (Å²) in [6.07, 6.45) is -2.89. The molecule has 4 heterocycles. The molecule has 0 spiro atoms. The van der Waals surface area contributed by atoms with Gasteiger partial charge < -0.3 is 18.8 Å². The lowest BCUT2D eigenvalue weighted by atomic mass is 9.95. The van der Waals surface area contributed by atoms with Gasteiger partial charge >= 0.3 is 6.18 Å². The highest BCUT2D eigenvalue weighted by molar-refractivity contribution is 5.96. The fraction of sp³-hybridized carbons (Fsp3) is 0.520. The van der Waals surface area contributed by atoms with Crippen molar-refractivity contribution in [2.45, 2.75) is 36.8 Å². The van der Waals surface area contributed by atoms with Crippen molar-refractivity contribution in [3.05, 3.63) is 52.0 Å². The van der Waals surface area contributed by atoms with Crippen LogP contribution in [0.4, 0.5) is 18.9 Å². The molecule has 8 nitrogen and oxygen atoms in total. The van der Waals surface area contributed by atoms with Gasteiger partial charge in [-0.1, -0.05) is 0 Å². The molecule has 0 unspecified atom stereocenters. The number of hydrogen-bond acceptors (Lipinski definition) is 7. The molecular weight excluding hydrogens is 473 g/mol. The molecule has 1 aliphatic carbocycles. The number of aromatic nitrogens is 3. The van der Waals surface area contributed by atoms with Crippen molar-refractivity contribution in [2.75, 3.05) is 38.1 Å². The number of fused-ring (bicyclic) bond motifs is 2. The quantitative estimate of drug-likeness (QED) is 0.547. The summed E-state index contributed by atoms with van der Waals surface area (Å²) in [6.45, 7) is 1.56. The summed E-state index contributed by atoms with van der Waals surface area (Å²) in [4.78, 5) is 16.1. The van der Waals surface area contributed by atoms with Gasteiger partial charge in [-0.15, -0.1) is 10.2 Å². The molecule has 1 aromatic carbocycles. The summed E-state index contributed by atoms with van der Waals surface area (Å²) in [6, 6.07) is 8.24. The van der Waals surface area contributed by atoms with Crippen LogP contribution in [-0.4, -0.2) is 59.1 Å². The van der Waals surface area contributed by atoms with Crippen molar-refractivity contribution in [3.8, 4) is 6.07 Å². The lowest BCUT2D eigenvalue weighted by Crippen LogP contribution is -2.34. The third kappa shape index (κ3) is 3.06. The summed E-state index contributed by atoms with van der Waals surface area (Å²) >= 11 is 0. The third-order valence-electron chi connectivity index (χ3n) is 8.49. The number of hydrogen-bond donors (Lipinski definition) is 0. The van der Waals surface area contributed by atoms with Gasteiger partial charge in [0.1, 0.15) is 11.5 Å². The number of rotatable bonds is 3. The first-order chi connectivity index (χ1) is 17.1. The van der Waals surface area contributed by atoms with E-state index in [2.05, 4.69) is 21.2 Å². The lowest BCUT2D eigenvalue weighted by Gasteiger charge is -2.26. The van der Waals surface area contributed by atoms with Gasteiger partial charge in [-0.2, -0.15) is 18.4 Å². The van der Waals surface area contributed by atoms with Crippen LogP contribution in [0.25, 0.3) is 10.9 Å². The minimum Gasteiger partial charge on any atom is -0.424 e. The van der Waals surface area contributed by atoms with E-state index in [1.54, 1.807) is 30.1 Å². The second kappa shape index (κ2) is 7.56. The van der Waals surface area contributed by atoms with E-state index in [1.807, 2.05) is 7.05 Å². The number of halogens is 3. The Morgan fingerprint density at radius 3 is 2.56 bits per heavy atom. The van der Waals surface area contributed by atoms with Crippen molar-refractivity contribution < 1.29 is 17.6 Å². The smallest absolute Gasteiger partial charge is 0.397 e. The molecule has 36 heavy (non-hydrogen) atoms. The normalized spacial score (nSPS) is 26.8. The Morgan fingerprint density at radius 1 is 1.11 bits per heavy atom. The average Bonchev–Trinajstić information content (AvgIpc) is 3.16. The Hall–Kier alpha value is -3.39. The number of aryl methyl sites for hydroxylation is 1. The second-order valence-electron chi connectivity index (χ2n) is 10.5. The summed E-state index contributed by atoms with van der Waals surface area (Å²) in [5.74, 6) is 0.536. The molecule has 2 atom stereocenters. The Bertz CT molecular complexity index is 1470. The van der Waals surface area contributed by atoms with E-state index >= 15 is 0 Å². The van der Waals surface area contributed by atoms with E-state index in [-0.39, 0.29) is 36.9 Å². The van der Waals surface area contributed by atoms with Gasteiger partial charge in [-0.3, -0.25) is 4.79 Å². The summed E-state index contributed by atoms with van der Waals surface area (Å²) in [5.41, 5.74) is -2.36. The molecule has 6 rings (SSSR count).